The summed E-state index contributed by atoms with van der Waals surface area (Å²) < 4.78 is 10.6. The third kappa shape index (κ3) is 9.38. The van der Waals surface area contributed by atoms with Crippen molar-refractivity contribution >= 4 is 23.8 Å². The summed E-state index contributed by atoms with van der Waals surface area (Å²) in [6.07, 6.45) is 0.666. The molecule has 12 heteroatoms. The molecule has 0 saturated carbocycles. The fraction of sp³-hybridized carbons (Fsp3) is 0.290. The van der Waals surface area contributed by atoms with E-state index < -0.39 is 23.9 Å². The van der Waals surface area contributed by atoms with Crippen LogP contribution < -0.4 is 37.7 Å². The Morgan fingerprint density at radius 2 is 1.30 bits per heavy atom. The first-order valence-corrected chi connectivity index (χ1v) is 13.7. The quantitative estimate of drug-likeness (QED) is 0.101. The standard InChI is InChI=1S/C31H39N7O5/c1-42-24-13-9-22(10-14-24)27(23-11-15-25(43-2)16-12-23)29(40)38(26(28(32)39)4-3-17-36-30(33)34)19-21-7-5-20(6-8-21)18-37-31(35)41/h5-16,26-27H,3-4,17-19H2,1-2H3,(H2,32,39)(H4,33,34,36)(H3,35,37,41)/t26-/m1/s1. The van der Waals surface area contributed by atoms with E-state index >= 15 is 0 Å². The zero-order chi connectivity index (χ0) is 31.4. The molecule has 0 aliphatic heterocycles. The highest BCUT2D eigenvalue weighted by Crippen LogP contribution is 2.31. The lowest BCUT2D eigenvalue weighted by Gasteiger charge is -2.33. The lowest BCUT2D eigenvalue weighted by atomic mass is 9.88. The molecule has 0 saturated heterocycles. The minimum atomic E-state index is -0.947. The summed E-state index contributed by atoms with van der Waals surface area (Å²) in [6.45, 7) is 0.626. The van der Waals surface area contributed by atoms with Crippen LogP contribution in [0, 0.1) is 0 Å². The van der Waals surface area contributed by atoms with Crippen molar-refractivity contribution in [1.82, 2.24) is 10.2 Å². The van der Waals surface area contributed by atoms with Crippen molar-refractivity contribution in [2.24, 2.45) is 27.9 Å². The number of primary amides is 2. The Morgan fingerprint density at radius 1 is 0.791 bits per heavy atom. The number of hydrogen-bond donors (Lipinski definition) is 5. The van der Waals surface area contributed by atoms with Crippen LogP contribution in [0.25, 0.3) is 0 Å². The first-order valence-electron chi connectivity index (χ1n) is 13.7. The van der Waals surface area contributed by atoms with Crippen LogP contribution in [0.3, 0.4) is 0 Å². The van der Waals surface area contributed by atoms with Gasteiger partial charge in [-0.15, -0.1) is 0 Å². The zero-order valence-electron chi connectivity index (χ0n) is 24.4. The van der Waals surface area contributed by atoms with Crippen LogP contribution in [0.1, 0.15) is 41.0 Å². The Hall–Kier alpha value is -5.26. The number of nitrogens with zero attached hydrogens (tertiary/aromatic N) is 2. The normalized spacial score (nSPS) is 11.3. The van der Waals surface area contributed by atoms with Crippen LogP contribution in [-0.4, -0.2) is 55.5 Å². The molecule has 0 bridgehead atoms. The van der Waals surface area contributed by atoms with Gasteiger partial charge in [-0.05, 0) is 59.4 Å². The average Bonchev–Trinajstić information content (AvgIpc) is 3.00. The number of ether oxygens (including phenoxy) is 2. The summed E-state index contributed by atoms with van der Waals surface area (Å²) in [5.74, 6) is -0.516. The van der Waals surface area contributed by atoms with Crippen molar-refractivity contribution < 1.29 is 23.9 Å². The molecule has 0 aliphatic rings. The molecule has 3 rings (SSSR count). The number of hydrogen-bond acceptors (Lipinski definition) is 6. The molecule has 0 aromatic heterocycles. The number of carbonyl (C=O) groups is 3. The monoisotopic (exact) mass is 589 g/mol. The largest absolute Gasteiger partial charge is 0.497 e. The smallest absolute Gasteiger partial charge is 0.312 e. The first-order chi connectivity index (χ1) is 20.6. The Balaban J connectivity index is 2.05. The van der Waals surface area contributed by atoms with Crippen LogP contribution in [0.5, 0.6) is 11.5 Å². The Bertz CT molecular complexity index is 1340. The molecule has 1 atom stereocenters. The van der Waals surface area contributed by atoms with Gasteiger partial charge in [0.15, 0.2) is 5.96 Å². The van der Waals surface area contributed by atoms with Crippen molar-refractivity contribution in [2.75, 3.05) is 20.8 Å². The summed E-state index contributed by atoms with van der Waals surface area (Å²) in [4.78, 5) is 44.1. The van der Waals surface area contributed by atoms with Gasteiger partial charge in [-0.3, -0.25) is 14.6 Å². The topological polar surface area (TPSA) is 201 Å². The van der Waals surface area contributed by atoms with E-state index in [0.717, 1.165) is 11.1 Å². The number of rotatable bonds is 15. The number of carbonyl (C=O) groups excluding carboxylic acids is 3. The maximum atomic E-state index is 14.6. The highest BCUT2D eigenvalue weighted by Gasteiger charge is 2.34. The highest BCUT2D eigenvalue weighted by atomic mass is 16.5. The van der Waals surface area contributed by atoms with Gasteiger partial charge < -0.3 is 42.6 Å². The minimum Gasteiger partial charge on any atom is -0.497 e. The van der Waals surface area contributed by atoms with Crippen molar-refractivity contribution in [1.29, 1.82) is 0 Å². The average molecular weight is 590 g/mol. The number of guanidine groups is 1. The molecule has 3 aromatic rings. The van der Waals surface area contributed by atoms with Gasteiger partial charge in [0.25, 0.3) is 0 Å². The van der Waals surface area contributed by atoms with E-state index in [2.05, 4.69) is 10.3 Å². The third-order valence-electron chi connectivity index (χ3n) is 6.91. The Kier molecular flexibility index (Phi) is 11.7. The summed E-state index contributed by atoms with van der Waals surface area (Å²) >= 11 is 0. The van der Waals surface area contributed by atoms with E-state index in [9.17, 15) is 14.4 Å². The molecular weight excluding hydrogens is 550 g/mol. The second-order valence-corrected chi connectivity index (χ2v) is 9.85. The van der Waals surface area contributed by atoms with Crippen LogP contribution in [0.2, 0.25) is 0 Å². The molecule has 9 N–H and O–H groups in total. The van der Waals surface area contributed by atoms with Crippen LogP contribution in [0.4, 0.5) is 4.79 Å². The van der Waals surface area contributed by atoms with Gasteiger partial charge >= 0.3 is 6.03 Å². The molecule has 0 aliphatic carbocycles. The number of urea groups is 1. The highest BCUT2D eigenvalue weighted by molar-refractivity contribution is 5.92. The van der Waals surface area contributed by atoms with Crippen molar-refractivity contribution in [3.8, 4) is 11.5 Å². The molecular formula is C31H39N7O5. The molecule has 4 amide bonds. The van der Waals surface area contributed by atoms with E-state index in [1.54, 1.807) is 38.5 Å². The third-order valence-corrected chi connectivity index (χ3v) is 6.91. The van der Waals surface area contributed by atoms with Crippen LogP contribution in [-0.2, 0) is 22.7 Å². The summed E-state index contributed by atoms with van der Waals surface area (Å²) in [7, 11) is 3.13. The maximum absolute atomic E-state index is 14.6. The lowest BCUT2D eigenvalue weighted by molar-refractivity contribution is -0.141. The van der Waals surface area contributed by atoms with Gasteiger partial charge in [0, 0.05) is 19.6 Å². The Labute approximate surface area is 251 Å². The van der Waals surface area contributed by atoms with Gasteiger partial charge in [-0.1, -0.05) is 48.5 Å². The number of methoxy groups -OCH3 is 2. The molecule has 228 valence electrons. The van der Waals surface area contributed by atoms with E-state index in [1.165, 1.54) is 4.90 Å². The molecule has 0 fully saturated rings. The number of nitrogens with one attached hydrogen (secondary N) is 1. The fourth-order valence-electron chi connectivity index (χ4n) is 4.67. The van der Waals surface area contributed by atoms with Gasteiger partial charge in [0.2, 0.25) is 11.8 Å². The van der Waals surface area contributed by atoms with E-state index in [0.29, 0.717) is 29.0 Å². The summed E-state index contributed by atoms with van der Waals surface area (Å²) in [5, 5.41) is 2.54. The summed E-state index contributed by atoms with van der Waals surface area (Å²) in [6, 6.07) is 20.1. The van der Waals surface area contributed by atoms with Gasteiger partial charge in [0.1, 0.15) is 17.5 Å². The molecule has 0 heterocycles. The van der Waals surface area contributed by atoms with Crippen LogP contribution in [0.15, 0.2) is 77.8 Å². The number of aliphatic imine (C=N–C) groups is 1. The van der Waals surface area contributed by atoms with Crippen molar-refractivity contribution in [2.45, 2.75) is 37.9 Å². The van der Waals surface area contributed by atoms with Gasteiger partial charge in [0.05, 0.1) is 20.1 Å². The van der Waals surface area contributed by atoms with Gasteiger partial charge in [-0.25, -0.2) is 4.79 Å². The van der Waals surface area contributed by atoms with E-state index in [4.69, 9.17) is 32.4 Å². The van der Waals surface area contributed by atoms with Crippen molar-refractivity contribution in [3.63, 3.8) is 0 Å². The second-order valence-electron chi connectivity index (χ2n) is 9.85. The Morgan fingerprint density at radius 3 is 1.74 bits per heavy atom. The number of benzene rings is 3. The number of amides is 4. The van der Waals surface area contributed by atoms with E-state index in [1.807, 2.05) is 48.5 Å². The lowest BCUT2D eigenvalue weighted by Crippen LogP contribution is -2.49. The molecule has 0 unspecified atom stereocenters. The molecule has 0 radical (unpaired) electrons. The predicted molar refractivity (Wildman–Crippen MR) is 164 cm³/mol. The van der Waals surface area contributed by atoms with Gasteiger partial charge in [-0.2, -0.15) is 0 Å². The maximum Gasteiger partial charge on any atom is 0.312 e. The second kappa shape index (κ2) is 15.7. The first kappa shape index (κ1) is 32.3. The molecule has 3 aromatic carbocycles. The zero-order valence-corrected chi connectivity index (χ0v) is 24.4. The summed E-state index contributed by atoms with van der Waals surface area (Å²) in [5.41, 5.74) is 25.0. The molecule has 43 heavy (non-hydrogen) atoms. The fourth-order valence-corrected chi connectivity index (χ4v) is 4.67. The minimum absolute atomic E-state index is 0.0615. The number of nitrogens with two attached hydrogens (primary N) is 4. The molecule has 0 spiro atoms. The SMILES string of the molecule is COc1ccc(C(C(=O)N(Cc2ccc(CNC(N)=O)cc2)[C@H](CCCN=C(N)N)C(N)=O)c2ccc(OC)cc2)cc1. The predicted octanol–water partition coefficient (Wildman–Crippen LogP) is 1.94. The van der Waals surface area contributed by atoms with Crippen molar-refractivity contribution in [3.05, 3.63) is 95.1 Å². The van der Waals surface area contributed by atoms with E-state index in [-0.39, 0.29) is 37.9 Å². The van der Waals surface area contributed by atoms with Crippen LogP contribution >= 0.6 is 0 Å². The molecule has 12 nitrogen and oxygen atoms in total.